The van der Waals surface area contributed by atoms with E-state index in [1.807, 2.05) is 6.92 Å². The van der Waals surface area contributed by atoms with E-state index < -0.39 is 0 Å². The second-order valence-electron chi connectivity index (χ2n) is 6.97. The summed E-state index contributed by atoms with van der Waals surface area (Å²) in [6.07, 6.45) is 10.2. The Hall–Kier alpha value is -2.64. The Morgan fingerprint density at radius 2 is 2.20 bits per heavy atom. The summed E-state index contributed by atoms with van der Waals surface area (Å²) in [5.41, 5.74) is 12.6. The fourth-order valence-corrected chi connectivity index (χ4v) is 2.89. The van der Waals surface area contributed by atoms with Gasteiger partial charge in [-0.3, -0.25) is 4.98 Å². The number of aliphatic imine (C=N–C) groups is 1. The van der Waals surface area contributed by atoms with Gasteiger partial charge in [0.25, 0.3) is 0 Å². The molecule has 5 N–H and O–H groups in total. The van der Waals surface area contributed by atoms with Gasteiger partial charge in [-0.25, -0.2) is 14.8 Å². The molecule has 0 radical (unpaired) electrons. The molecule has 1 aromatic rings. The van der Waals surface area contributed by atoms with Crippen molar-refractivity contribution in [1.82, 2.24) is 15.3 Å². The van der Waals surface area contributed by atoms with E-state index >= 15 is 0 Å². The number of rotatable bonds is 5. The highest BCUT2D eigenvalue weighted by atomic mass is 16.6. The summed E-state index contributed by atoms with van der Waals surface area (Å²) in [5, 5.41) is 2.90. The third-order valence-electron chi connectivity index (χ3n) is 4.64. The number of allylic oxidation sites excluding steroid dienone is 1. The zero-order valence-electron chi connectivity index (χ0n) is 14.3. The van der Waals surface area contributed by atoms with Gasteiger partial charge in [-0.15, -0.1) is 0 Å². The van der Waals surface area contributed by atoms with E-state index in [1.54, 1.807) is 18.5 Å². The van der Waals surface area contributed by atoms with Crippen LogP contribution in [0.4, 0.5) is 10.6 Å². The molecule has 0 aromatic carbocycles. The van der Waals surface area contributed by atoms with E-state index in [2.05, 4.69) is 20.3 Å². The molecule has 0 bridgehead atoms. The van der Waals surface area contributed by atoms with E-state index in [1.165, 1.54) is 6.20 Å². The second kappa shape index (κ2) is 7.08. The zero-order chi connectivity index (χ0) is 17.9. The van der Waals surface area contributed by atoms with Crippen molar-refractivity contribution >= 4 is 17.7 Å². The van der Waals surface area contributed by atoms with Crippen LogP contribution in [-0.2, 0) is 4.74 Å². The average Bonchev–Trinajstić information content (AvgIpc) is 3.08. The smallest absolute Gasteiger partial charge is 0.407 e. The number of ether oxygens (including phenoxy) is 1. The van der Waals surface area contributed by atoms with E-state index in [9.17, 15) is 4.79 Å². The highest BCUT2D eigenvalue weighted by molar-refractivity contribution is 5.93. The van der Waals surface area contributed by atoms with Crippen LogP contribution in [0.1, 0.15) is 39.0 Å². The summed E-state index contributed by atoms with van der Waals surface area (Å²) in [4.78, 5) is 24.0. The quantitative estimate of drug-likeness (QED) is 0.551. The molecular weight excluding hydrogens is 320 g/mol. The normalized spacial score (nSPS) is 25.5. The molecule has 1 amide bonds. The van der Waals surface area contributed by atoms with E-state index in [0.29, 0.717) is 17.9 Å². The molecule has 8 heteroatoms. The largest absolute Gasteiger partial charge is 0.446 e. The topological polar surface area (TPSA) is 129 Å². The fourth-order valence-electron chi connectivity index (χ4n) is 2.89. The molecule has 0 saturated heterocycles. The minimum atomic E-state index is -0.336. The molecule has 3 rings (SSSR count). The number of nitrogens with zero attached hydrogens (tertiary/aromatic N) is 3. The minimum absolute atomic E-state index is 0.0702. The summed E-state index contributed by atoms with van der Waals surface area (Å²) in [6.45, 7) is 2.02. The average molecular weight is 344 g/mol. The number of hydrogen-bond acceptors (Lipinski definition) is 6. The van der Waals surface area contributed by atoms with Gasteiger partial charge in [0.15, 0.2) is 5.82 Å². The molecule has 2 aliphatic rings. The van der Waals surface area contributed by atoms with Crippen LogP contribution in [0.2, 0.25) is 0 Å². The SMILES string of the molecule is CC1(NC(=O)OC2CCC(/C(N)=C/C(N)=Nc3cnccn3)C2)CC1. The number of amidine groups is 1. The van der Waals surface area contributed by atoms with Crippen molar-refractivity contribution in [3.05, 3.63) is 30.4 Å². The maximum Gasteiger partial charge on any atom is 0.407 e. The van der Waals surface area contributed by atoms with Crippen LogP contribution in [0.15, 0.2) is 35.4 Å². The lowest BCUT2D eigenvalue weighted by molar-refractivity contribution is 0.0960. The van der Waals surface area contributed by atoms with Crippen LogP contribution in [0.5, 0.6) is 0 Å². The molecular formula is C17H24N6O2. The molecule has 1 aromatic heterocycles. The van der Waals surface area contributed by atoms with E-state index in [4.69, 9.17) is 16.2 Å². The minimum Gasteiger partial charge on any atom is -0.446 e. The van der Waals surface area contributed by atoms with Gasteiger partial charge in [-0.1, -0.05) is 0 Å². The van der Waals surface area contributed by atoms with Crippen molar-refractivity contribution in [3.8, 4) is 0 Å². The van der Waals surface area contributed by atoms with Crippen molar-refractivity contribution in [1.29, 1.82) is 0 Å². The number of amides is 1. The standard InChI is InChI=1S/C17H24N6O2/c1-17(4-5-17)23-16(24)25-12-3-2-11(8-12)13(18)9-14(19)22-15-10-20-6-7-21-15/h6-7,9-12H,2-5,8,18H2,1H3,(H,23,24)(H2,19,21,22)/b13-9-. The number of carbonyl (C=O) groups is 1. The molecule has 2 saturated carbocycles. The highest BCUT2D eigenvalue weighted by Gasteiger charge is 2.40. The number of aromatic nitrogens is 2. The summed E-state index contributed by atoms with van der Waals surface area (Å²) >= 11 is 0. The molecule has 1 heterocycles. The lowest BCUT2D eigenvalue weighted by atomic mass is 10.0. The van der Waals surface area contributed by atoms with Crippen molar-refractivity contribution in [2.75, 3.05) is 0 Å². The van der Waals surface area contributed by atoms with Crippen LogP contribution < -0.4 is 16.8 Å². The van der Waals surface area contributed by atoms with Gasteiger partial charge in [0.05, 0.1) is 6.20 Å². The van der Waals surface area contributed by atoms with Gasteiger partial charge in [-0.05, 0) is 45.1 Å². The first-order valence-electron chi connectivity index (χ1n) is 8.49. The summed E-state index contributed by atoms with van der Waals surface area (Å²) in [5.74, 6) is 0.841. The zero-order valence-corrected chi connectivity index (χ0v) is 14.3. The third-order valence-corrected chi connectivity index (χ3v) is 4.64. The molecule has 8 nitrogen and oxygen atoms in total. The number of alkyl carbamates (subject to hydrolysis) is 1. The van der Waals surface area contributed by atoms with Gasteiger partial charge >= 0.3 is 6.09 Å². The van der Waals surface area contributed by atoms with Gasteiger partial charge < -0.3 is 21.5 Å². The van der Waals surface area contributed by atoms with Crippen molar-refractivity contribution in [3.63, 3.8) is 0 Å². The Morgan fingerprint density at radius 1 is 1.40 bits per heavy atom. The summed E-state index contributed by atoms with van der Waals surface area (Å²) in [6, 6.07) is 0. The molecule has 2 unspecified atom stereocenters. The Morgan fingerprint density at radius 3 is 2.88 bits per heavy atom. The Balaban J connectivity index is 1.52. The number of hydrogen-bond donors (Lipinski definition) is 3. The van der Waals surface area contributed by atoms with E-state index in [-0.39, 0.29) is 29.5 Å². The first-order valence-corrected chi connectivity index (χ1v) is 8.49. The lowest BCUT2D eigenvalue weighted by Gasteiger charge is -2.16. The van der Waals surface area contributed by atoms with Crippen LogP contribution >= 0.6 is 0 Å². The molecule has 2 atom stereocenters. The fraction of sp³-hybridized carbons (Fsp3) is 0.529. The maximum absolute atomic E-state index is 11.9. The summed E-state index contributed by atoms with van der Waals surface area (Å²) in [7, 11) is 0. The van der Waals surface area contributed by atoms with E-state index in [0.717, 1.165) is 25.7 Å². The van der Waals surface area contributed by atoms with Crippen molar-refractivity contribution in [2.24, 2.45) is 22.4 Å². The van der Waals surface area contributed by atoms with Crippen LogP contribution in [0.25, 0.3) is 0 Å². The Bertz CT molecular complexity index is 684. The predicted octanol–water partition coefficient (Wildman–Crippen LogP) is 1.76. The first-order chi connectivity index (χ1) is 11.9. The third kappa shape index (κ3) is 4.91. The van der Waals surface area contributed by atoms with Gasteiger partial charge in [-0.2, -0.15) is 0 Å². The van der Waals surface area contributed by atoms with Crippen LogP contribution in [0, 0.1) is 5.92 Å². The van der Waals surface area contributed by atoms with Crippen molar-refractivity contribution < 1.29 is 9.53 Å². The Labute approximate surface area is 146 Å². The molecule has 0 spiro atoms. The van der Waals surface area contributed by atoms with Crippen molar-refractivity contribution in [2.45, 2.75) is 50.7 Å². The first kappa shape index (κ1) is 17.2. The molecule has 2 fully saturated rings. The lowest BCUT2D eigenvalue weighted by Crippen LogP contribution is -2.36. The van der Waals surface area contributed by atoms with Gasteiger partial charge in [0, 0.05) is 29.5 Å². The van der Waals surface area contributed by atoms with Gasteiger partial charge in [0.2, 0.25) is 0 Å². The summed E-state index contributed by atoms with van der Waals surface area (Å²) < 4.78 is 5.50. The van der Waals surface area contributed by atoms with Gasteiger partial charge in [0.1, 0.15) is 11.9 Å². The molecule has 25 heavy (non-hydrogen) atoms. The molecule has 134 valence electrons. The van der Waals surface area contributed by atoms with Crippen LogP contribution in [-0.4, -0.2) is 33.5 Å². The Kier molecular flexibility index (Phi) is 4.87. The monoisotopic (exact) mass is 344 g/mol. The number of nitrogens with one attached hydrogen (secondary N) is 1. The molecule has 0 aliphatic heterocycles. The second-order valence-corrected chi connectivity index (χ2v) is 6.97. The number of carbonyl (C=O) groups excluding carboxylic acids is 1. The molecule has 2 aliphatic carbocycles. The van der Waals surface area contributed by atoms with Crippen LogP contribution in [0.3, 0.4) is 0 Å². The predicted molar refractivity (Wildman–Crippen MR) is 94.0 cm³/mol. The maximum atomic E-state index is 11.9. The highest BCUT2D eigenvalue weighted by Crippen LogP contribution is 2.35. The number of nitrogens with two attached hydrogens (primary N) is 2.